The molecule has 3 rings (SSSR count). The maximum atomic E-state index is 12.2. The highest BCUT2D eigenvalue weighted by Gasteiger charge is 2.18. The van der Waals surface area contributed by atoms with Gasteiger partial charge in [-0.1, -0.05) is 0 Å². The number of amides is 1. The minimum absolute atomic E-state index is 0. The molecule has 1 aromatic carbocycles. The average Bonchev–Trinajstić information content (AvgIpc) is 2.86. The average molecular weight is 358 g/mol. The van der Waals surface area contributed by atoms with Crippen LogP contribution >= 0.6 is 23.7 Å². The standard InChI is InChI=1S/C15H19N3O3S.ClH/c1-9-17-12-6-13(20-2)11(7-14(12)22-9)18-15(19)5-10-8-21-4-3-16-10;/h6-7,10,16H,3-5,8H2,1-2H3,(H,18,19);1H. The monoisotopic (exact) mass is 357 g/mol. The molecule has 1 fully saturated rings. The largest absolute Gasteiger partial charge is 0.494 e. The lowest BCUT2D eigenvalue weighted by atomic mass is 10.2. The van der Waals surface area contributed by atoms with Crippen LogP contribution < -0.4 is 15.4 Å². The van der Waals surface area contributed by atoms with Crippen molar-refractivity contribution in [2.45, 2.75) is 19.4 Å². The van der Waals surface area contributed by atoms with Gasteiger partial charge in [-0.2, -0.15) is 0 Å². The summed E-state index contributed by atoms with van der Waals surface area (Å²) in [5.74, 6) is 0.570. The number of fused-ring (bicyclic) bond motifs is 1. The normalized spacial score (nSPS) is 17.6. The summed E-state index contributed by atoms with van der Waals surface area (Å²) in [6.07, 6.45) is 0.378. The van der Waals surface area contributed by atoms with Crippen LogP contribution in [0.15, 0.2) is 12.1 Å². The molecule has 0 saturated carbocycles. The highest BCUT2D eigenvalue weighted by molar-refractivity contribution is 7.18. The zero-order valence-electron chi connectivity index (χ0n) is 13.0. The van der Waals surface area contributed by atoms with E-state index < -0.39 is 0 Å². The zero-order chi connectivity index (χ0) is 15.5. The molecule has 1 amide bonds. The molecular weight excluding hydrogens is 338 g/mol. The Morgan fingerprint density at radius 2 is 2.39 bits per heavy atom. The Hall–Kier alpha value is -1.41. The van der Waals surface area contributed by atoms with Crippen molar-refractivity contribution in [2.75, 3.05) is 32.2 Å². The molecule has 1 aromatic heterocycles. The topological polar surface area (TPSA) is 72.5 Å². The van der Waals surface area contributed by atoms with Gasteiger partial charge in [0.05, 0.1) is 41.2 Å². The maximum absolute atomic E-state index is 12.2. The summed E-state index contributed by atoms with van der Waals surface area (Å²) in [6.45, 7) is 4.02. The molecule has 2 heterocycles. The molecule has 0 aliphatic carbocycles. The molecule has 1 aliphatic rings. The highest BCUT2D eigenvalue weighted by Crippen LogP contribution is 2.33. The second-order valence-corrected chi connectivity index (χ2v) is 6.47. The van der Waals surface area contributed by atoms with Crippen molar-refractivity contribution < 1.29 is 14.3 Å². The Kier molecular flexibility index (Phi) is 6.17. The molecule has 1 atom stereocenters. The summed E-state index contributed by atoms with van der Waals surface area (Å²) < 4.78 is 11.8. The van der Waals surface area contributed by atoms with Gasteiger partial charge in [-0.05, 0) is 13.0 Å². The van der Waals surface area contributed by atoms with Crippen LogP contribution in [-0.4, -0.2) is 43.8 Å². The summed E-state index contributed by atoms with van der Waals surface area (Å²) in [5.41, 5.74) is 1.57. The van der Waals surface area contributed by atoms with Gasteiger partial charge in [0, 0.05) is 25.1 Å². The predicted octanol–water partition coefficient (Wildman–Crippen LogP) is 2.35. The van der Waals surface area contributed by atoms with Gasteiger partial charge in [0.25, 0.3) is 0 Å². The molecule has 0 radical (unpaired) electrons. The van der Waals surface area contributed by atoms with Gasteiger partial charge < -0.3 is 20.1 Å². The minimum Gasteiger partial charge on any atom is -0.494 e. The summed E-state index contributed by atoms with van der Waals surface area (Å²) in [5, 5.41) is 7.19. The highest BCUT2D eigenvalue weighted by atomic mass is 35.5. The molecule has 1 unspecified atom stereocenters. The van der Waals surface area contributed by atoms with Gasteiger partial charge in [-0.3, -0.25) is 4.79 Å². The van der Waals surface area contributed by atoms with Crippen molar-refractivity contribution in [3.63, 3.8) is 0 Å². The van der Waals surface area contributed by atoms with E-state index in [0.29, 0.717) is 31.1 Å². The lowest BCUT2D eigenvalue weighted by Gasteiger charge is -2.23. The first kappa shape index (κ1) is 17.9. The first-order valence-electron chi connectivity index (χ1n) is 7.22. The molecule has 6 nitrogen and oxygen atoms in total. The van der Waals surface area contributed by atoms with E-state index >= 15 is 0 Å². The Labute approximate surface area is 145 Å². The van der Waals surface area contributed by atoms with Crippen molar-refractivity contribution >= 4 is 45.6 Å². The predicted molar refractivity (Wildman–Crippen MR) is 94.0 cm³/mol. The number of carbonyl (C=O) groups excluding carboxylic acids is 1. The van der Waals surface area contributed by atoms with Crippen molar-refractivity contribution in [1.82, 2.24) is 10.3 Å². The van der Waals surface area contributed by atoms with Gasteiger partial charge >= 0.3 is 0 Å². The smallest absolute Gasteiger partial charge is 0.226 e. The minimum atomic E-state index is -0.0538. The number of benzene rings is 1. The van der Waals surface area contributed by atoms with Crippen LogP contribution in [0, 0.1) is 6.92 Å². The first-order chi connectivity index (χ1) is 10.7. The number of aryl methyl sites for hydroxylation is 1. The third-order valence-corrected chi connectivity index (χ3v) is 4.45. The Morgan fingerprint density at radius 3 is 3.09 bits per heavy atom. The van der Waals surface area contributed by atoms with E-state index in [0.717, 1.165) is 21.8 Å². The van der Waals surface area contributed by atoms with E-state index in [1.807, 2.05) is 19.1 Å². The van der Waals surface area contributed by atoms with Crippen LogP contribution in [-0.2, 0) is 9.53 Å². The number of nitrogens with zero attached hydrogens (tertiary/aromatic N) is 1. The van der Waals surface area contributed by atoms with Crippen molar-refractivity contribution in [1.29, 1.82) is 0 Å². The number of halogens is 1. The molecule has 2 N–H and O–H groups in total. The second kappa shape index (κ2) is 7.92. The summed E-state index contributed by atoms with van der Waals surface area (Å²) in [6, 6.07) is 3.84. The molecule has 126 valence electrons. The first-order valence-corrected chi connectivity index (χ1v) is 8.03. The van der Waals surface area contributed by atoms with E-state index in [1.54, 1.807) is 18.4 Å². The number of hydrogen-bond acceptors (Lipinski definition) is 6. The van der Waals surface area contributed by atoms with Gasteiger partial charge in [-0.15, -0.1) is 23.7 Å². The van der Waals surface area contributed by atoms with E-state index in [1.165, 1.54) is 0 Å². The van der Waals surface area contributed by atoms with Gasteiger partial charge in [-0.25, -0.2) is 4.98 Å². The quantitative estimate of drug-likeness (QED) is 0.878. The van der Waals surface area contributed by atoms with E-state index in [2.05, 4.69) is 15.6 Å². The molecular formula is C15H20ClN3O3S. The summed E-state index contributed by atoms with van der Waals surface area (Å²) in [7, 11) is 1.59. The summed E-state index contributed by atoms with van der Waals surface area (Å²) >= 11 is 1.60. The fourth-order valence-electron chi connectivity index (χ4n) is 2.51. The van der Waals surface area contributed by atoms with Crippen LogP contribution in [0.2, 0.25) is 0 Å². The summed E-state index contributed by atoms with van der Waals surface area (Å²) in [4.78, 5) is 16.7. The third-order valence-electron chi connectivity index (χ3n) is 3.52. The molecule has 1 saturated heterocycles. The lowest BCUT2D eigenvalue weighted by molar-refractivity contribution is -0.117. The molecule has 0 spiro atoms. The van der Waals surface area contributed by atoms with E-state index in [-0.39, 0.29) is 24.4 Å². The molecule has 2 aromatic rings. The number of ether oxygens (including phenoxy) is 2. The number of thiazole rings is 1. The second-order valence-electron chi connectivity index (χ2n) is 5.23. The SMILES string of the molecule is COc1cc2nc(C)sc2cc1NC(=O)CC1COCCN1.Cl. The van der Waals surface area contributed by atoms with Crippen molar-refractivity contribution in [3.05, 3.63) is 17.1 Å². The molecule has 0 bridgehead atoms. The number of nitrogens with one attached hydrogen (secondary N) is 2. The maximum Gasteiger partial charge on any atom is 0.226 e. The lowest BCUT2D eigenvalue weighted by Crippen LogP contribution is -2.43. The van der Waals surface area contributed by atoms with Gasteiger partial charge in [0.15, 0.2) is 0 Å². The van der Waals surface area contributed by atoms with E-state index in [9.17, 15) is 4.79 Å². The fourth-order valence-corrected chi connectivity index (χ4v) is 3.36. The number of methoxy groups -OCH3 is 1. The van der Waals surface area contributed by atoms with Crippen LogP contribution in [0.3, 0.4) is 0 Å². The third kappa shape index (κ3) is 4.32. The number of anilines is 1. The molecule has 8 heteroatoms. The van der Waals surface area contributed by atoms with Crippen LogP contribution in [0.5, 0.6) is 5.75 Å². The number of carbonyl (C=O) groups is 1. The number of hydrogen-bond donors (Lipinski definition) is 2. The van der Waals surface area contributed by atoms with Gasteiger partial charge in [0.2, 0.25) is 5.91 Å². The van der Waals surface area contributed by atoms with Crippen molar-refractivity contribution in [3.8, 4) is 5.75 Å². The Balaban J connectivity index is 0.00000192. The molecule has 23 heavy (non-hydrogen) atoms. The van der Waals surface area contributed by atoms with Crippen molar-refractivity contribution in [2.24, 2.45) is 0 Å². The van der Waals surface area contributed by atoms with Gasteiger partial charge in [0.1, 0.15) is 5.75 Å². The Bertz CT molecular complexity index is 686. The number of rotatable bonds is 4. The van der Waals surface area contributed by atoms with Crippen LogP contribution in [0.25, 0.3) is 10.2 Å². The molecule has 1 aliphatic heterocycles. The van der Waals surface area contributed by atoms with E-state index in [4.69, 9.17) is 9.47 Å². The fraction of sp³-hybridized carbons (Fsp3) is 0.467. The Morgan fingerprint density at radius 1 is 1.57 bits per heavy atom. The van der Waals surface area contributed by atoms with Crippen LogP contribution in [0.1, 0.15) is 11.4 Å². The zero-order valence-corrected chi connectivity index (χ0v) is 14.7. The van der Waals surface area contributed by atoms with Crippen LogP contribution in [0.4, 0.5) is 5.69 Å². The number of aromatic nitrogens is 1. The number of morpholine rings is 1.